The predicted molar refractivity (Wildman–Crippen MR) is 116 cm³/mol. The third kappa shape index (κ3) is 7.28. The number of thiocarbonyl (C=S) groups is 1. The standard InChI is InChI=1S/C20H22BrN3O3S/c1-2-6-18(25)23-24-20(28)22-19(26)15-9-10-17(16(21)13-15)27-12-11-14-7-4-3-5-8-14/h3-5,7-10,13H,2,6,11-12H2,1H3,(H,23,25)(H2,22,24,26,28). The highest BCUT2D eigenvalue weighted by atomic mass is 79.9. The molecule has 0 aliphatic heterocycles. The largest absolute Gasteiger partial charge is 0.492 e. The number of halogens is 1. The Morgan fingerprint density at radius 2 is 1.86 bits per heavy atom. The first-order valence-electron chi connectivity index (χ1n) is 8.86. The van der Waals surface area contributed by atoms with Crippen LogP contribution in [-0.2, 0) is 11.2 Å². The Kier molecular flexibility index (Phi) is 8.90. The second kappa shape index (κ2) is 11.4. The molecule has 0 bridgehead atoms. The number of hydrogen-bond donors (Lipinski definition) is 3. The molecule has 2 rings (SSSR count). The van der Waals surface area contributed by atoms with Gasteiger partial charge in [0.2, 0.25) is 5.91 Å². The summed E-state index contributed by atoms with van der Waals surface area (Å²) in [4.78, 5) is 23.7. The number of nitrogens with one attached hydrogen (secondary N) is 3. The Labute approximate surface area is 178 Å². The first kappa shape index (κ1) is 21.8. The van der Waals surface area contributed by atoms with E-state index in [0.29, 0.717) is 28.8 Å². The third-order valence-corrected chi connectivity index (χ3v) is 4.53. The quantitative estimate of drug-likeness (QED) is 0.432. The summed E-state index contributed by atoms with van der Waals surface area (Å²) in [6.45, 7) is 2.42. The van der Waals surface area contributed by atoms with Gasteiger partial charge in [-0.15, -0.1) is 0 Å². The van der Waals surface area contributed by atoms with E-state index in [1.165, 1.54) is 5.56 Å². The van der Waals surface area contributed by atoms with Crippen molar-refractivity contribution >= 4 is 45.1 Å². The van der Waals surface area contributed by atoms with Gasteiger partial charge in [0.25, 0.3) is 5.91 Å². The van der Waals surface area contributed by atoms with Crippen molar-refractivity contribution in [1.29, 1.82) is 0 Å². The molecule has 148 valence electrons. The van der Waals surface area contributed by atoms with Crippen LogP contribution < -0.4 is 20.9 Å². The summed E-state index contributed by atoms with van der Waals surface area (Å²) in [6.07, 6.45) is 1.89. The Morgan fingerprint density at radius 3 is 2.54 bits per heavy atom. The normalized spacial score (nSPS) is 10.1. The smallest absolute Gasteiger partial charge is 0.257 e. The van der Waals surface area contributed by atoms with Gasteiger partial charge in [0.05, 0.1) is 11.1 Å². The molecule has 0 saturated heterocycles. The summed E-state index contributed by atoms with van der Waals surface area (Å²) in [5, 5.41) is 2.53. The van der Waals surface area contributed by atoms with Gasteiger partial charge in [0.1, 0.15) is 5.75 Å². The fourth-order valence-corrected chi connectivity index (χ4v) is 2.94. The van der Waals surface area contributed by atoms with Gasteiger partial charge < -0.3 is 4.74 Å². The Hall–Kier alpha value is -2.45. The molecule has 2 amide bonds. The van der Waals surface area contributed by atoms with E-state index in [0.717, 1.165) is 12.8 Å². The predicted octanol–water partition coefficient (Wildman–Crippen LogP) is 3.51. The van der Waals surface area contributed by atoms with Crippen LogP contribution in [0.4, 0.5) is 0 Å². The fourth-order valence-electron chi connectivity index (χ4n) is 2.31. The molecule has 0 saturated carbocycles. The summed E-state index contributed by atoms with van der Waals surface area (Å²) in [6, 6.07) is 15.1. The maximum absolute atomic E-state index is 12.3. The number of carbonyl (C=O) groups excluding carboxylic acids is 2. The van der Waals surface area contributed by atoms with Gasteiger partial charge in [-0.1, -0.05) is 37.3 Å². The first-order valence-corrected chi connectivity index (χ1v) is 10.1. The third-order valence-electron chi connectivity index (χ3n) is 3.70. The Balaban J connectivity index is 1.84. The van der Waals surface area contributed by atoms with E-state index in [2.05, 4.69) is 32.1 Å². The molecular weight excluding hydrogens is 442 g/mol. The molecule has 0 aliphatic carbocycles. The summed E-state index contributed by atoms with van der Waals surface area (Å²) < 4.78 is 6.45. The Morgan fingerprint density at radius 1 is 1.11 bits per heavy atom. The van der Waals surface area contributed by atoms with Gasteiger partial charge in [-0.3, -0.25) is 25.8 Å². The molecule has 0 unspecified atom stereocenters. The van der Waals surface area contributed by atoms with Gasteiger partial charge in [0.15, 0.2) is 5.11 Å². The lowest BCUT2D eigenvalue weighted by Crippen LogP contribution is -2.48. The van der Waals surface area contributed by atoms with Crippen molar-refractivity contribution < 1.29 is 14.3 Å². The number of hydrogen-bond acceptors (Lipinski definition) is 4. The molecule has 6 nitrogen and oxygen atoms in total. The number of carbonyl (C=O) groups is 2. The summed E-state index contributed by atoms with van der Waals surface area (Å²) in [5.74, 6) is 0.0673. The van der Waals surface area contributed by atoms with Crippen LogP contribution in [0.3, 0.4) is 0 Å². The van der Waals surface area contributed by atoms with E-state index >= 15 is 0 Å². The van der Waals surface area contributed by atoms with Gasteiger partial charge in [-0.05, 0) is 58.3 Å². The zero-order valence-corrected chi connectivity index (χ0v) is 17.9. The summed E-state index contributed by atoms with van der Waals surface area (Å²) in [7, 11) is 0. The van der Waals surface area contributed by atoms with E-state index in [4.69, 9.17) is 17.0 Å². The minimum absolute atomic E-state index is 0.0220. The highest BCUT2D eigenvalue weighted by Crippen LogP contribution is 2.26. The lowest BCUT2D eigenvalue weighted by Gasteiger charge is -2.12. The van der Waals surface area contributed by atoms with Crippen LogP contribution >= 0.6 is 28.1 Å². The summed E-state index contributed by atoms with van der Waals surface area (Å²) >= 11 is 8.43. The molecule has 0 heterocycles. The van der Waals surface area contributed by atoms with Crippen molar-refractivity contribution in [3.05, 3.63) is 64.1 Å². The number of ether oxygens (including phenoxy) is 1. The molecule has 3 N–H and O–H groups in total. The minimum atomic E-state index is -0.390. The van der Waals surface area contributed by atoms with Crippen LogP contribution in [0.1, 0.15) is 35.7 Å². The zero-order chi connectivity index (χ0) is 20.4. The number of rotatable bonds is 7. The molecular formula is C20H22BrN3O3S. The van der Waals surface area contributed by atoms with Crippen LogP contribution in [0.25, 0.3) is 0 Å². The van der Waals surface area contributed by atoms with E-state index in [1.54, 1.807) is 18.2 Å². The lowest BCUT2D eigenvalue weighted by molar-refractivity contribution is -0.121. The van der Waals surface area contributed by atoms with Crippen molar-refractivity contribution in [2.24, 2.45) is 0 Å². The fraction of sp³-hybridized carbons (Fsp3) is 0.250. The van der Waals surface area contributed by atoms with Crippen molar-refractivity contribution in [2.45, 2.75) is 26.2 Å². The van der Waals surface area contributed by atoms with E-state index in [-0.39, 0.29) is 11.0 Å². The van der Waals surface area contributed by atoms with Gasteiger partial charge in [-0.2, -0.15) is 0 Å². The van der Waals surface area contributed by atoms with Crippen LogP contribution in [0, 0.1) is 0 Å². The van der Waals surface area contributed by atoms with Gasteiger partial charge in [-0.25, -0.2) is 0 Å². The number of amides is 2. The SMILES string of the molecule is CCCC(=O)NNC(=S)NC(=O)c1ccc(OCCc2ccccc2)c(Br)c1. The van der Waals surface area contributed by atoms with Crippen LogP contribution in [-0.4, -0.2) is 23.5 Å². The lowest BCUT2D eigenvalue weighted by atomic mass is 10.2. The average Bonchev–Trinajstić information content (AvgIpc) is 2.68. The van der Waals surface area contributed by atoms with E-state index in [1.807, 2.05) is 37.3 Å². The second-order valence-corrected chi connectivity index (χ2v) is 7.20. The molecule has 0 aromatic heterocycles. The van der Waals surface area contributed by atoms with E-state index in [9.17, 15) is 9.59 Å². The number of benzene rings is 2. The molecule has 0 atom stereocenters. The molecule has 0 radical (unpaired) electrons. The van der Waals surface area contributed by atoms with Crippen molar-refractivity contribution in [2.75, 3.05) is 6.61 Å². The molecule has 0 spiro atoms. The summed E-state index contributed by atoms with van der Waals surface area (Å²) in [5.41, 5.74) is 6.53. The van der Waals surface area contributed by atoms with Crippen molar-refractivity contribution in [3.8, 4) is 5.75 Å². The second-order valence-electron chi connectivity index (χ2n) is 5.94. The maximum atomic E-state index is 12.3. The molecule has 2 aromatic carbocycles. The van der Waals surface area contributed by atoms with Gasteiger partial charge >= 0.3 is 0 Å². The minimum Gasteiger partial charge on any atom is -0.492 e. The zero-order valence-electron chi connectivity index (χ0n) is 15.5. The number of hydrazine groups is 1. The molecule has 8 heteroatoms. The topological polar surface area (TPSA) is 79.5 Å². The first-order chi connectivity index (χ1) is 13.5. The van der Waals surface area contributed by atoms with Crippen LogP contribution in [0.2, 0.25) is 0 Å². The monoisotopic (exact) mass is 463 g/mol. The van der Waals surface area contributed by atoms with E-state index < -0.39 is 5.91 Å². The highest BCUT2D eigenvalue weighted by Gasteiger charge is 2.11. The van der Waals surface area contributed by atoms with Gasteiger partial charge in [0, 0.05) is 18.4 Å². The molecule has 0 aliphatic rings. The average molecular weight is 464 g/mol. The molecule has 28 heavy (non-hydrogen) atoms. The maximum Gasteiger partial charge on any atom is 0.257 e. The molecule has 2 aromatic rings. The Bertz CT molecular complexity index is 831. The highest BCUT2D eigenvalue weighted by molar-refractivity contribution is 9.10. The van der Waals surface area contributed by atoms with Crippen molar-refractivity contribution in [1.82, 2.24) is 16.2 Å². The molecule has 0 fully saturated rings. The van der Waals surface area contributed by atoms with Crippen molar-refractivity contribution in [3.63, 3.8) is 0 Å². The van der Waals surface area contributed by atoms with Crippen LogP contribution in [0.5, 0.6) is 5.75 Å². The van der Waals surface area contributed by atoms with Crippen LogP contribution in [0.15, 0.2) is 53.0 Å².